The Morgan fingerprint density at radius 2 is 0.644 bits per heavy atom. The average molecular weight is 599 g/mol. The molecule has 0 aromatic heterocycles. The standard InChI is InChI=1S/C38H24F2O5/c39-29-14-6-25(7-15-29)37(41)27-10-18-32(19-11-27)44-35-22-34(43-31-4-2-1-3-5-31)23-36(24-35)45-33-20-12-28(13-21-33)38(42)26-8-16-30(40)17-9-26/h1-24H. The zero-order valence-corrected chi connectivity index (χ0v) is 23.7. The number of benzene rings is 6. The number of ketones is 2. The molecule has 6 aromatic carbocycles. The Labute approximate surface area is 257 Å². The van der Waals surface area contributed by atoms with Crippen LogP contribution in [0.3, 0.4) is 0 Å². The molecule has 0 amide bonds. The lowest BCUT2D eigenvalue weighted by molar-refractivity contribution is 0.103. The molecule has 0 aliphatic heterocycles. The van der Waals surface area contributed by atoms with Gasteiger partial charge < -0.3 is 14.2 Å². The van der Waals surface area contributed by atoms with Crippen LogP contribution < -0.4 is 14.2 Å². The fraction of sp³-hybridized carbons (Fsp3) is 0. The summed E-state index contributed by atoms with van der Waals surface area (Å²) in [5.74, 6) is 1.55. The number of para-hydroxylation sites is 1. The second kappa shape index (κ2) is 13.1. The molecule has 0 aliphatic carbocycles. The van der Waals surface area contributed by atoms with E-state index in [1.54, 1.807) is 66.7 Å². The van der Waals surface area contributed by atoms with E-state index in [2.05, 4.69) is 0 Å². The minimum absolute atomic E-state index is 0.235. The van der Waals surface area contributed by atoms with E-state index in [4.69, 9.17) is 14.2 Å². The first-order valence-electron chi connectivity index (χ1n) is 13.9. The maximum absolute atomic E-state index is 13.3. The SMILES string of the molecule is O=C(c1ccc(F)cc1)c1ccc(Oc2cc(Oc3ccccc3)cc(Oc3ccc(C(=O)c4ccc(F)cc4)cc3)c2)cc1. The van der Waals surface area contributed by atoms with Gasteiger partial charge in [-0.2, -0.15) is 0 Å². The van der Waals surface area contributed by atoms with Gasteiger partial charge in [-0.25, -0.2) is 8.78 Å². The first-order valence-corrected chi connectivity index (χ1v) is 13.9. The lowest BCUT2D eigenvalue weighted by Gasteiger charge is -2.13. The average Bonchev–Trinajstić information content (AvgIpc) is 3.06. The molecule has 0 heterocycles. The topological polar surface area (TPSA) is 61.8 Å². The predicted octanol–water partition coefficient (Wildman–Crippen LogP) is 9.80. The summed E-state index contributed by atoms with van der Waals surface area (Å²) in [5.41, 5.74) is 1.62. The van der Waals surface area contributed by atoms with Gasteiger partial charge in [0.1, 0.15) is 46.1 Å². The normalized spacial score (nSPS) is 10.6. The van der Waals surface area contributed by atoms with Gasteiger partial charge in [0.2, 0.25) is 0 Å². The predicted molar refractivity (Wildman–Crippen MR) is 166 cm³/mol. The molecule has 0 saturated carbocycles. The minimum Gasteiger partial charge on any atom is -0.457 e. The lowest BCUT2D eigenvalue weighted by atomic mass is 10.0. The summed E-state index contributed by atoms with van der Waals surface area (Å²) in [6, 6.07) is 38.3. The number of hydrogen-bond donors (Lipinski definition) is 0. The Bertz CT molecular complexity index is 1820. The van der Waals surface area contributed by atoms with E-state index >= 15 is 0 Å². The number of carbonyl (C=O) groups excluding carboxylic acids is 2. The number of halogens is 2. The van der Waals surface area contributed by atoms with Gasteiger partial charge in [-0.3, -0.25) is 9.59 Å². The molecule has 0 aliphatic rings. The third-order valence-corrected chi connectivity index (χ3v) is 6.75. The molecule has 0 bridgehead atoms. The van der Waals surface area contributed by atoms with Crippen molar-refractivity contribution in [3.63, 3.8) is 0 Å². The summed E-state index contributed by atoms with van der Waals surface area (Å²) in [4.78, 5) is 25.6. The highest BCUT2D eigenvalue weighted by molar-refractivity contribution is 6.09. The molecular formula is C38H24F2O5. The van der Waals surface area contributed by atoms with Gasteiger partial charge in [0.05, 0.1) is 0 Å². The molecule has 7 heteroatoms. The van der Waals surface area contributed by atoms with Crippen molar-refractivity contribution in [3.8, 4) is 34.5 Å². The molecule has 0 unspecified atom stereocenters. The molecule has 220 valence electrons. The quantitative estimate of drug-likeness (QED) is 0.147. The summed E-state index contributed by atoms with van der Waals surface area (Å²) in [5, 5.41) is 0. The van der Waals surface area contributed by atoms with Gasteiger partial charge in [0.15, 0.2) is 11.6 Å². The van der Waals surface area contributed by atoms with E-state index in [-0.39, 0.29) is 11.6 Å². The Kier molecular flexibility index (Phi) is 8.42. The zero-order chi connectivity index (χ0) is 31.2. The van der Waals surface area contributed by atoms with Crippen LogP contribution in [0.5, 0.6) is 34.5 Å². The van der Waals surface area contributed by atoms with Crippen LogP contribution in [0, 0.1) is 11.6 Å². The smallest absolute Gasteiger partial charge is 0.193 e. The molecule has 45 heavy (non-hydrogen) atoms. The van der Waals surface area contributed by atoms with Crippen molar-refractivity contribution >= 4 is 11.6 Å². The van der Waals surface area contributed by atoms with E-state index in [0.29, 0.717) is 56.8 Å². The van der Waals surface area contributed by atoms with Crippen LogP contribution in [0.15, 0.2) is 146 Å². The molecule has 0 radical (unpaired) electrons. The Morgan fingerprint density at radius 3 is 0.978 bits per heavy atom. The second-order valence-corrected chi connectivity index (χ2v) is 9.98. The van der Waals surface area contributed by atoms with Crippen molar-refractivity contribution in [2.24, 2.45) is 0 Å². The summed E-state index contributed by atoms with van der Waals surface area (Å²) >= 11 is 0. The van der Waals surface area contributed by atoms with Crippen molar-refractivity contribution in [2.45, 2.75) is 0 Å². The van der Waals surface area contributed by atoms with Crippen molar-refractivity contribution < 1.29 is 32.6 Å². The molecule has 5 nitrogen and oxygen atoms in total. The lowest BCUT2D eigenvalue weighted by Crippen LogP contribution is -2.01. The second-order valence-electron chi connectivity index (χ2n) is 9.98. The van der Waals surface area contributed by atoms with Gasteiger partial charge in [0, 0.05) is 40.5 Å². The van der Waals surface area contributed by atoms with E-state index in [0.717, 1.165) is 0 Å². The van der Waals surface area contributed by atoms with Crippen LogP contribution in [0.25, 0.3) is 0 Å². The number of carbonyl (C=O) groups is 2. The van der Waals surface area contributed by atoms with Gasteiger partial charge in [-0.05, 0) is 109 Å². The van der Waals surface area contributed by atoms with E-state index in [1.807, 2.05) is 30.3 Å². The van der Waals surface area contributed by atoms with Gasteiger partial charge in [-0.1, -0.05) is 18.2 Å². The molecule has 0 atom stereocenters. The zero-order valence-electron chi connectivity index (χ0n) is 23.7. The van der Waals surface area contributed by atoms with Crippen molar-refractivity contribution in [3.05, 3.63) is 179 Å². The van der Waals surface area contributed by atoms with Crippen LogP contribution in [0.1, 0.15) is 31.8 Å². The van der Waals surface area contributed by atoms with Crippen molar-refractivity contribution in [1.82, 2.24) is 0 Å². The van der Waals surface area contributed by atoms with E-state index in [9.17, 15) is 18.4 Å². The number of rotatable bonds is 10. The monoisotopic (exact) mass is 598 g/mol. The largest absolute Gasteiger partial charge is 0.457 e. The molecule has 0 fully saturated rings. The van der Waals surface area contributed by atoms with Crippen LogP contribution in [-0.4, -0.2) is 11.6 Å². The highest BCUT2D eigenvalue weighted by Gasteiger charge is 2.13. The third kappa shape index (κ3) is 7.29. The van der Waals surface area contributed by atoms with Gasteiger partial charge >= 0.3 is 0 Å². The molecule has 0 spiro atoms. The van der Waals surface area contributed by atoms with Crippen LogP contribution >= 0.6 is 0 Å². The molecule has 6 aromatic rings. The highest BCUT2D eigenvalue weighted by atomic mass is 19.1. The number of ether oxygens (including phenoxy) is 3. The highest BCUT2D eigenvalue weighted by Crippen LogP contribution is 2.35. The first-order chi connectivity index (χ1) is 21.9. The van der Waals surface area contributed by atoms with Crippen LogP contribution in [0.2, 0.25) is 0 Å². The Hall–Kier alpha value is -6.08. The molecule has 0 saturated heterocycles. The van der Waals surface area contributed by atoms with E-state index < -0.39 is 11.6 Å². The van der Waals surface area contributed by atoms with Crippen molar-refractivity contribution in [2.75, 3.05) is 0 Å². The molecule has 0 N–H and O–H groups in total. The maximum Gasteiger partial charge on any atom is 0.193 e. The summed E-state index contributed by atoms with van der Waals surface area (Å²) < 4.78 is 44.8. The first kappa shape index (κ1) is 29.0. The summed E-state index contributed by atoms with van der Waals surface area (Å²) in [6.07, 6.45) is 0. The Balaban J connectivity index is 1.22. The van der Waals surface area contributed by atoms with Crippen molar-refractivity contribution in [1.29, 1.82) is 0 Å². The third-order valence-electron chi connectivity index (χ3n) is 6.75. The fourth-order valence-corrected chi connectivity index (χ4v) is 4.50. The minimum atomic E-state index is -0.411. The van der Waals surface area contributed by atoms with Crippen LogP contribution in [0.4, 0.5) is 8.78 Å². The summed E-state index contributed by atoms with van der Waals surface area (Å²) in [7, 11) is 0. The maximum atomic E-state index is 13.3. The van der Waals surface area contributed by atoms with E-state index in [1.165, 1.54) is 48.5 Å². The van der Waals surface area contributed by atoms with Gasteiger partial charge in [0.25, 0.3) is 0 Å². The van der Waals surface area contributed by atoms with Crippen LogP contribution in [-0.2, 0) is 0 Å². The Morgan fingerprint density at radius 1 is 0.356 bits per heavy atom. The molecular weight excluding hydrogens is 574 g/mol. The summed E-state index contributed by atoms with van der Waals surface area (Å²) in [6.45, 7) is 0. The number of hydrogen-bond acceptors (Lipinski definition) is 5. The molecule has 6 rings (SSSR count). The van der Waals surface area contributed by atoms with Gasteiger partial charge in [-0.15, -0.1) is 0 Å². The fourth-order valence-electron chi connectivity index (χ4n) is 4.50.